The second-order valence-corrected chi connectivity index (χ2v) is 5.50. The molecule has 0 aliphatic rings. The normalized spacial score (nSPS) is 11.5. The van der Waals surface area contributed by atoms with E-state index in [9.17, 15) is 4.79 Å². The first-order valence-electron chi connectivity index (χ1n) is 6.87. The SMILES string of the molecule is CC(C)=CCC/C(C)=C/C=N\NC(=O)c1ccc(Cl)cc1. The number of halogens is 1. The van der Waals surface area contributed by atoms with E-state index in [0.717, 1.165) is 12.8 Å². The van der Waals surface area contributed by atoms with Gasteiger partial charge in [0.2, 0.25) is 0 Å². The van der Waals surface area contributed by atoms with Gasteiger partial charge in [-0.15, -0.1) is 0 Å². The van der Waals surface area contributed by atoms with E-state index in [1.165, 1.54) is 11.1 Å². The number of amides is 1. The summed E-state index contributed by atoms with van der Waals surface area (Å²) in [6, 6.07) is 6.67. The molecule has 0 saturated carbocycles. The Morgan fingerprint density at radius 1 is 1.24 bits per heavy atom. The lowest BCUT2D eigenvalue weighted by Gasteiger charge is -1.99. The standard InChI is InChI=1S/C17H21ClN2O/c1-13(2)5-4-6-14(3)11-12-19-20-17(21)15-7-9-16(18)10-8-15/h5,7-12H,4,6H2,1-3H3,(H,20,21)/b14-11+,19-12-. The summed E-state index contributed by atoms with van der Waals surface area (Å²) in [6.45, 7) is 6.23. The van der Waals surface area contributed by atoms with Gasteiger partial charge in [0, 0.05) is 16.8 Å². The molecule has 0 radical (unpaired) electrons. The van der Waals surface area contributed by atoms with Crippen LogP contribution < -0.4 is 5.43 Å². The van der Waals surface area contributed by atoms with E-state index in [4.69, 9.17) is 11.6 Å². The molecule has 4 heteroatoms. The molecule has 0 aliphatic carbocycles. The second kappa shape index (κ2) is 9.14. The summed E-state index contributed by atoms with van der Waals surface area (Å²) in [6.07, 6.45) is 7.72. The minimum atomic E-state index is -0.251. The first kappa shape index (κ1) is 17.2. The average molecular weight is 305 g/mol. The fourth-order valence-electron chi connectivity index (χ4n) is 1.60. The monoisotopic (exact) mass is 304 g/mol. The lowest BCUT2D eigenvalue weighted by molar-refractivity contribution is 0.0955. The van der Waals surface area contributed by atoms with Crippen LogP contribution in [0.2, 0.25) is 5.02 Å². The summed E-state index contributed by atoms with van der Waals surface area (Å²) in [7, 11) is 0. The largest absolute Gasteiger partial charge is 0.271 e. The maximum absolute atomic E-state index is 11.8. The van der Waals surface area contributed by atoms with Crippen LogP contribution in [0.25, 0.3) is 0 Å². The van der Waals surface area contributed by atoms with Crippen molar-refractivity contribution in [3.63, 3.8) is 0 Å². The maximum Gasteiger partial charge on any atom is 0.271 e. The number of nitrogens with zero attached hydrogens (tertiary/aromatic N) is 1. The van der Waals surface area contributed by atoms with Gasteiger partial charge in [-0.05, 0) is 64.0 Å². The van der Waals surface area contributed by atoms with Gasteiger partial charge in [-0.3, -0.25) is 4.79 Å². The summed E-state index contributed by atoms with van der Waals surface area (Å²) in [4.78, 5) is 11.8. The number of hydrazone groups is 1. The van der Waals surface area contributed by atoms with Crippen molar-refractivity contribution in [3.05, 3.63) is 58.1 Å². The highest BCUT2D eigenvalue weighted by atomic mass is 35.5. The summed E-state index contributed by atoms with van der Waals surface area (Å²) in [5.41, 5.74) is 5.55. The van der Waals surface area contributed by atoms with Crippen molar-refractivity contribution >= 4 is 23.7 Å². The zero-order chi connectivity index (χ0) is 15.7. The van der Waals surface area contributed by atoms with Crippen LogP contribution >= 0.6 is 11.6 Å². The fourth-order valence-corrected chi connectivity index (χ4v) is 1.72. The van der Waals surface area contributed by atoms with Crippen molar-refractivity contribution in [2.45, 2.75) is 33.6 Å². The van der Waals surface area contributed by atoms with Crippen LogP contribution in [0, 0.1) is 0 Å². The van der Waals surface area contributed by atoms with Gasteiger partial charge < -0.3 is 0 Å². The number of allylic oxidation sites excluding steroid dienone is 4. The number of nitrogens with one attached hydrogen (secondary N) is 1. The molecule has 112 valence electrons. The van der Waals surface area contributed by atoms with E-state index >= 15 is 0 Å². The molecule has 1 rings (SSSR count). The highest BCUT2D eigenvalue weighted by molar-refractivity contribution is 6.30. The number of carbonyl (C=O) groups is 1. The van der Waals surface area contributed by atoms with Crippen molar-refractivity contribution in [2.24, 2.45) is 5.10 Å². The third-order valence-electron chi connectivity index (χ3n) is 2.80. The van der Waals surface area contributed by atoms with E-state index in [1.807, 2.05) is 13.0 Å². The summed E-state index contributed by atoms with van der Waals surface area (Å²) in [5, 5.41) is 4.51. The summed E-state index contributed by atoms with van der Waals surface area (Å²) in [5.74, 6) is -0.251. The van der Waals surface area contributed by atoms with Gasteiger partial charge in [0.25, 0.3) is 5.91 Å². The van der Waals surface area contributed by atoms with Crippen LogP contribution in [-0.4, -0.2) is 12.1 Å². The third kappa shape index (κ3) is 7.47. The Hall–Kier alpha value is -1.87. The Balaban J connectivity index is 2.41. The molecule has 0 saturated heterocycles. The van der Waals surface area contributed by atoms with Crippen molar-refractivity contribution in [2.75, 3.05) is 0 Å². The number of rotatable bonds is 6. The lowest BCUT2D eigenvalue weighted by Crippen LogP contribution is -2.17. The number of benzene rings is 1. The molecule has 0 aromatic heterocycles. The Morgan fingerprint density at radius 3 is 2.52 bits per heavy atom. The first-order chi connectivity index (χ1) is 9.99. The third-order valence-corrected chi connectivity index (χ3v) is 3.05. The zero-order valence-electron chi connectivity index (χ0n) is 12.7. The summed E-state index contributed by atoms with van der Waals surface area (Å²) < 4.78 is 0. The summed E-state index contributed by atoms with van der Waals surface area (Å²) >= 11 is 5.77. The molecule has 0 fully saturated rings. The average Bonchev–Trinajstić information content (AvgIpc) is 2.43. The van der Waals surface area contributed by atoms with Gasteiger partial charge in [0.1, 0.15) is 0 Å². The van der Waals surface area contributed by atoms with Crippen molar-refractivity contribution in [1.29, 1.82) is 0 Å². The van der Waals surface area contributed by atoms with Crippen molar-refractivity contribution in [1.82, 2.24) is 5.43 Å². The Labute approximate surface area is 131 Å². The molecule has 0 atom stereocenters. The fraction of sp³-hybridized carbons (Fsp3) is 0.294. The second-order valence-electron chi connectivity index (χ2n) is 5.06. The van der Waals surface area contributed by atoms with E-state index in [0.29, 0.717) is 10.6 Å². The molecule has 0 bridgehead atoms. The molecule has 0 aliphatic heterocycles. The molecule has 1 amide bonds. The predicted molar refractivity (Wildman–Crippen MR) is 89.8 cm³/mol. The highest BCUT2D eigenvalue weighted by Gasteiger charge is 2.02. The number of carbonyl (C=O) groups excluding carboxylic acids is 1. The minimum Gasteiger partial charge on any atom is -0.267 e. The van der Waals surface area contributed by atoms with Crippen LogP contribution in [0.1, 0.15) is 44.0 Å². The molecular formula is C17H21ClN2O. The zero-order valence-corrected chi connectivity index (χ0v) is 13.4. The predicted octanol–water partition coefficient (Wildman–Crippen LogP) is 4.75. The van der Waals surface area contributed by atoms with Crippen molar-refractivity contribution in [3.8, 4) is 0 Å². The van der Waals surface area contributed by atoms with E-state index in [2.05, 4.69) is 30.5 Å². The van der Waals surface area contributed by atoms with Gasteiger partial charge in [0.15, 0.2) is 0 Å². The molecular weight excluding hydrogens is 284 g/mol. The molecule has 1 N–H and O–H groups in total. The van der Waals surface area contributed by atoms with Crippen LogP contribution in [0.3, 0.4) is 0 Å². The lowest BCUT2D eigenvalue weighted by atomic mass is 10.1. The quantitative estimate of drug-likeness (QED) is 0.460. The molecule has 1 aromatic rings. The van der Waals surface area contributed by atoms with E-state index in [-0.39, 0.29) is 5.91 Å². The van der Waals surface area contributed by atoms with Gasteiger partial charge in [0.05, 0.1) is 0 Å². The molecule has 0 unspecified atom stereocenters. The highest BCUT2D eigenvalue weighted by Crippen LogP contribution is 2.09. The molecule has 0 spiro atoms. The minimum absolute atomic E-state index is 0.251. The molecule has 21 heavy (non-hydrogen) atoms. The van der Waals surface area contributed by atoms with Crippen LogP contribution in [0.15, 0.2) is 52.7 Å². The van der Waals surface area contributed by atoms with E-state index < -0.39 is 0 Å². The number of hydrogen-bond donors (Lipinski definition) is 1. The topological polar surface area (TPSA) is 41.5 Å². The van der Waals surface area contributed by atoms with E-state index in [1.54, 1.807) is 30.5 Å². The Kier molecular flexibility index (Phi) is 7.48. The Morgan fingerprint density at radius 2 is 1.90 bits per heavy atom. The maximum atomic E-state index is 11.8. The molecule has 3 nitrogen and oxygen atoms in total. The van der Waals surface area contributed by atoms with Crippen molar-refractivity contribution < 1.29 is 4.79 Å². The number of hydrogen-bond acceptors (Lipinski definition) is 2. The smallest absolute Gasteiger partial charge is 0.267 e. The first-order valence-corrected chi connectivity index (χ1v) is 7.25. The van der Waals surface area contributed by atoms with Gasteiger partial charge >= 0.3 is 0 Å². The Bertz CT molecular complexity index is 553. The van der Waals surface area contributed by atoms with Crippen LogP contribution in [0.4, 0.5) is 0 Å². The van der Waals surface area contributed by atoms with Gasteiger partial charge in [-0.25, -0.2) is 5.43 Å². The van der Waals surface area contributed by atoms with Gasteiger partial charge in [-0.2, -0.15) is 5.10 Å². The van der Waals surface area contributed by atoms with Gasteiger partial charge in [-0.1, -0.05) is 28.8 Å². The van der Waals surface area contributed by atoms with Crippen LogP contribution in [-0.2, 0) is 0 Å². The molecule has 1 aromatic carbocycles. The molecule has 0 heterocycles. The van der Waals surface area contributed by atoms with Crippen LogP contribution in [0.5, 0.6) is 0 Å².